The minimum atomic E-state index is -0.809. The number of fused-ring (bicyclic) bond motifs is 8. The molecule has 4 heterocycles. The molecule has 4 aromatic rings. The molecule has 0 aliphatic heterocycles. The lowest BCUT2D eigenvalue weighted by Crippen LogP contribution is -2.27. The van der Waals surface area contributed by atoms with Crippen LogP contribution in [-0.4, -0.2) is 40.4 Å². The molecule has 8 bridgehead atoms. The van der Waals surface area contributed by atoms with E-state index in [9.17, 15) is 39.6 Å². The van der Waals surface area contributed by atoms with Crippen molar-refractivity contribution >= 4 is 0 Å². The smallest absolute Gasteiger partial charge is 0.254 e. The van der Waals surface area contributed by atoms with Crippen molar-refractivity contribution in [3.63, 3.8) is 0 Å². The second kappa shape index (κ2) is 14.9. The van der Waals surface area contributed by atoms with Crippen LogP contribution in [0.15, 0.2) is 43.4 Å². The minimum Gasteiger partial charge on any atom is -0.494 e. The van der Waals surface area contributed by atoms with Crippen LogP contribution in [0.3, 0.4) is 0 Å². The molecule has 0 saturated carbocycles. The lowest BCUT2D eigenvalue weighted by molar-refractivity contribution is 0.414. The van der Waals surface area contributed by atoms with Crippen LogP contribution < -0.4 is 22.2 Å². The van der Waals surface area contributed by atoms with Gasteiger partial charge in [-0.05, 0) is 73.6 Å². The molecular formula is C40H52N4O8. The minimum absolute atomic E-state index is 0.00569. The van der Waals surface area contributed by atoms with Crippen LogP contribution in [0.25, 0.3) is 0 Å². The van der Waals surface area contributed by atoms with Gasteiger partial charge in [0.1, 0.15) is 0 Å². The highest BCUT2D eigenvalue weighted by atomic mass is 16.3. The van der Waals surface area contributed by atoms with Gasteiger partial charge in [0.25, 0.3) is 22.2 Å². The number of aromatic hydroxyl groups is 4. The molecule has 0 aromatic carbocycles. The molecule has 280 valence electrons. The molecule has 1 aliphatic carbocycles. The Morgan fingerprint density at radius 1 is 0.385 bits per heavy atom. The standard InChI is InChI=1S/C40H52N4O8/c1-17(2)9-21-25-13-27(35(47)41-33(25)45)22(10-18(3)4)29-15-31(39(51)43-37(29)49)24(12-20(7)8)32-16-30(38(50)44-40(32)52)23(11-19(5)6)28-14-26(21)34(46)42-36(28)48/h13-24H,9-12H2,1-8H3,(H2,41,45,47)(H2,42,46,48)(H2,43,49,51)(H2,44,50,52)/t21-,22?,23?,24+. The number of aromatic amines is 4. The molecular weight excluding hydrogens is 664 g/mol. The molecule has 0 radical (unpaired) electrons. The number of hydrogen-bond donors (Lipinski definition) is 8. The number of aromatic nitrogens is 4. The van der Waals surface area contributed by atoms with E-state index in [0.29, 0.717) is 36.8 Å². The van der Waals surface area contributed by atoms with Crippen molar-refractivity contribution in [1.29, 1.82) is 0 Å². The molecule has 4 atom stereocenters. The zero-order chi connectivity index (χ0) is 38.3. The van der Waals surface area contributed by atoms with Gasteiger partial charge in [-0.3, -0.25) is 39.1 Å². The van der Waals surface area contributed by atoms with Crippen molar-refractivity contribution in [2.24, 2.45) is 23.7 Å². The van der Waals surface area contributed by atoms with Gasteiger partial charge in [0.05, 0.1) is 0 Å². The second-order valence-electron chi connectivity index (χ2n) is 16.2. The number of nitrogens with one attached hydrogen (secondary N) is 4. The highest BCUT2D eigenvalue weighted by Crippen LogP contribution is 2.44. The number of H-pyrrole nitrogens is 4. The first-order chi connectivity index (χ1) is 24.4. The summed E-state index contributed by atoms with van der Waals surface area (Å²) in [5.41, 5.74) is -0.418. The highest BCUT2D eigenvalue weighted by molar-refractivity contribution is 5.50. The Labute approximate surface area is 302 Å². The number of rotatable bonds is 8. The fourth-order valence-corrected chi connectivity index (χ4v) is 7.88. The van der Waals surface area contributed by atoms with Gasteiger partial charge in [0, 0.05) is 68.2 Å². The Hall–Kier alpha value is -5.00. The van der Waals surface area contributed by atoms with Crippen LogP contribution in [0.5, 0.6) is 23.5 Å². The number of pyridine rings is 4. The van der Waals surface area contributed by atoms with Crippen molar-refractivity contribution in [3.05, 3.63) is 110 Å². The summed E-state index contributed by atoms with van der Waals surface area (Å²) in [6, 6.07) is 6.30. The van der Waals surface area contributed by atoms with Gasteiger partial charge >= 0.3 is 0 Å². The zero-order valence-corrected chi connectivity index (χ0v) is 31.2. The zero-order valence-electron chi connectivity index (χ0n) is 31.2. The Bertz CT molecular complexity index is 2040. The Balaban J connectivity index is 2.02. The molecule has 5 rings (SSSR count). The molecule has 2 unspecified atom stereocenters. The van der Waals surface area contributed by atoms with E-state index in [1.165, 1.54) is 0 Å². The van der Waals surface area contributed by atoms with Gasteiger partial charge in [0.2, 0.25) is 0 Å². The van der Waals surface area contributed by atoms with Gasteiger partial charge in [-0.15, -0.1) is 0 Å². The Morgan fingerprint density at radius 3 is 0.750 bits per heavy atom. The third-order valence-electron chi connectivity index (χ3n) is 10.1. The summed E-state index contributed by atoms with van der Waals surface area (Å²) in [5, 5.41) is 45.4. The fraction of sp³-hybridized carbons (Fsp3) is 0.500. The van der Waals surface area contributed by atoms with Crippen LogP contribution in [0.1, 0.15) is 149 Å². The Morgan fingerprint density at radius 2 is 0.558 bits per heavy atom. The van der Waals surface area contributed by atoms with E-state index < -0.39 is 69.4 Å². The average Bonchev–Trinajstić information content (AvgIpc) is 3.01. The molecule has 4 aromatic heterocycles. The summed E-state index contributed by atoms with van der Waals surface area (Å²) in [6.45, 7) is 15.7. The maximum absolute atomic E-state index is 13.8. The van der Waals surface area contributed by atoms with Crippen LogP contribution in [0.2, 0.25) is 0 Å². The lowest BCUT2D eigenvalue weighted by Gasteiger charge is -2.28. The molecule has 52 heavy (non-hydrogen) atoms. The molecule has 8 N–H and O–H groups in total. The van der Waals surface area contributed by atoms with Crippen molar-refractivity contribution in [3.8, 4) is 23.5 Å². The van der Waals surface area contributed by atoms with Gasteiger partial charge in [-0.25, -0.2) is 0 Å². The maximum atomic E-state index is 13.8. The van der Waals surface area contributed by atoms with Crippen molar-refractivity contribution in [2.45, 2.75) is 105 Å². The first kappa shape index (κ1) is 38.2. The molecule has 12 nitrogen and oxygen atoms in total. The quantitative estimate of drug-likeness (QED) is 0.104. The van der Waals surface area contributed by atoms with Gasteiger partial charge < -0.3 is 20.4 Å². The van der Waals surface area contributed by atoms with Gasteiger partial charge in [-0.1, -0.05) is 55.4 Å². The molecule has 0 fully saturated rings. The summed E-state index contributed by atoms with van der Waals surface area (Å²) in [4.78, 5) is 65.5. The summed E-state index contributed by atoms with van der Waals surface area (Å²) < 4.78 is 0. The van der Waals surface area contributed by atoms with Crippen molar-refractivity contribution < 1.29 is 20.4 Å². The third kappa shape index (κ3) is 7.61. The van der Waals surface area contributed by atoms with E-state index in [-0.39, 0.29) is 57.1 Å². The molecule has 0 amide bonds. The maximum Gasteiger partial charge on any atom is 0.254 e. The predicted molar refractivity (Wildman–Crippen MR) is 200 cm³/mol. The van der Waals surface area contributed by atoms with E-state index in [4.69, 9.17) is 0 Å². The van der Waals surface area contributed by atoms with E-state index in [2.05, 4.69) is 19.9 Å². The second-order valence-corrected chi connectivity index (χ2v) is 16.2. The molecule has 1 aliphatic rings. The topological polar surface area (TPSA) is 212 Å². The van der Waals surface area contributed by atoms with Crippen LogP contribution >= 0.6 is 0 Å². The number of hydrogen-bond acceptors (Lipinski definition) is 8. The van der Waals surface area contributed by atoms with Gasteiger partial charge in [-0.2, -0.15) is 0 Å². The van der Waals surface area contributed by atoms with Crippen molar-refractivity contribution in [2.75, 3.05) is 0 Å². The molecule has 12 heteroatoms. The molecule has 0 spiro atoms. The van der Waals surface area contributed by atoms with Crippen LogP contribution in [0, 0.1) is 23.7 Å². The Kier molecular flexibility index (Phi) is 11.0. The normalized spacial score (nSPS) is 18.8. The summed E-state index contributed by atoms with van der Waals surface area (Å²) in [5.74, 6) is -4.69. The third-order valence-corrected chi connectivity index (χ3v) is 10.1. The first-order valence-corrected chi connectivity index (χ1v) is 18.2. The predicted octanol–water partition coefficient (Wildman–Crippen LogP) is 6.29. The summed E-state index contributed by atoms with van der Waals surface area (Å²) in [6.07, 6.45) is 1.46. The van der Waals surface area contributed by atoms with Crippen LogP contribution in [-0.2, 0) is 0 Å². The summed E-state index contributed by atoms with van der Waals surface area (Å²) in [7, 11) is 0. The van der Waals surface area contributed by atoms with E-state index >= 15 is 0 Å². The van der Waals surface area contributed by atoms with E-state index in [1.54, 1.807) is 24.3 Å². The lowest BCUT2D eigenvalue weighted by atomic mass is 9.77. The average molecular weight is 717 g/mol. The summed E-state index contributed by atoms with van der Waals surface area (Å²) >= 11 is 0. The SMILES string of the molecule is CC(C)CC1c2cc(c(=O)[nH]c2O)[C@H](CC(C)C)c2cc(c(=O)[nH]c2O)C(CC(C)C)c2cc(c(O)[nH]c2=O)[C@H](CC(C)C)c2cc1c(O)[nH]c2=O. The van der Waals surface area contributed by atoms with Gasteiger partial charge in [0.15, 0.2) is 23.5 Å². The van der Waals surface area contributed by atoms with E-state index in [1.807, 2.05) is 55.4 Å². The monoisotopic (exact) mass is 716 g/mol. The van der Waals surface area contributed by atoms with E-state index in [0.717, 1.165) is 0 Å². The highest BCUT2D eigenvalue weighted by Gasteiger charge is 2.34. The largest absolute Gasteiger partial charge is 0.494 e. The van der Waals surface area contributed by atoms with Crippen LogP contribution in [0.4, 0.5) is 0 Å². The fourth-order valence-electron chi connectivity index (χ4n) is 7.88. The van der Waals surface area contributed by atoms with Crippen molar-refractivity contribution in [1.82, 2.24) is 19.9 Å². The molecule has 0 saturated heterocycles. The first-order valence-electron chi connectivity index (χ1n) is 18.2.